The molecule has 1 aromatic carbocycles. The van der Waals surface area contributed by atoms with Crippen LogP contribution in [-0.2, 0) is 0 Å². The summed E-state index contributed by atoms with van der Waals surface area (Å²) in [6.45, 7) is 0. The van der Waals surface area contributed by atoms with Crippen LogP contribution < -0.4 is 0 Å². The lowest BCUT2D eigenvalue weighted by atomic mass is 10.2. The van der Waals surface area contributed by atoms with E-state index < -0.39 is 5.09 Å². The van der Waals surface area contributed by atoms with Gasteiger partial charge in [0.2, 0.25) is 0 Å². The second-order valence-electron chi connectivity index (χ2n) is 3.35. The molecule has 0 saturated carbocycles. The van der Waals surface area contributed by atoms with Crippen molar-refractivity contribution < 1.29 is 10.3 Å². The Balaban J connectivity index is 0.000000444. The number of benzene rings is 1. The molecule has 0 unspecified atom stereocenters. The average Bonchev–Trinajstić information content (AvgIpc) is 2.80. The highest BCUT2D eigenvalue weighted by Gasteiger charge is 2.04. The predicted molar refractivity (Wildman–Crippen MR) is 77.5 cm³/mol. The van der Waals surface area contributed by atoms with Crippen LogP contribution in [0, 0.1) is 10.1 Å². The number of nitrogens with zero attached hydrogens (tertiary/aromatic N) is 3. The molecule has 2 aromatic rings. The van der Waals surface area contributed by atoms with E-state index in [0.29, 0.717) is 15.1 Å². The number of imidazole rings is 1. The zero-order chi connectivity index (χ0) is 15.1. The SMILES string of the molecule is ClC(=Cn1ccnc1)c1ccc(Cl)cc1Cl.O=[N+]([O-])O. The van der Waals surface area contributed by atoms with Gasteiger partial charge in [-0.25, -0.2) is 4.98 Å². The van der Waals surface area contributed by atoms with E-state index in [9.17, 15) is 0 Å². The Kier molecular flexibility index (Phi) is 6.30. The number of hydrogen-bond donors (Lipinski definition) is 1. The van der Waals surface area contributed by atoms with Gasteiger partial charge in [-0.1, -0.05) is 40.9 Å². The fourth-order valence-corrected chi connectivity index (χ4v) is 2.07. The second kappa shape index (κ2) is 7.74. The van der Waals surface area contributed by atoms with Gasteiger partial charge in [-0.15, -0.1) is 10.1 Å². The Morgan fingerprint density at radius 2 is 2.10 bits per heavy atom. The van der Waals surface area contributed by atoms with Crippen molar-refractivity contribution in [2.24, 2.45) is 0 Å². The molecule has 0 aliphatic heterocycles. The van der Waals surface area contributed by atoms with Crippen LogP contribution >= 0.6 is 34.8 Å². The summed E-state index contributed by atoms with van der Waals surface area (Å²) in [5.74, 6) is 0. The van der Waals surface area contributed by atoms with E-state index in [1.807, 2.05) is 0 Å². The van der Waals surface area contributed by atoms with Crippen LogP contribution in [0.1, 0.15) is 5.56 Å². The van der Waals surface area contributed by atoms with Crippen molar-refractivity contribution in [1.82, 2.24) is 9.55 Å². The molecule has 0 aliphatic carbocycles. The van der Waals surface area contributed by atoms with Gasteiger partial charge in [-0.3, -0.25) is 0 Å². The molecular formula is C11H8Cl3N3O3. The van der Waals surface area contributed by atoms with Gasteiger partial charge in [0.1, 0.15) is 0 Å². The Labute approximate surface area is 128 Å². The van der Waals surface area contributed by atoms with Gasteiger partial charge in [0, 0.05) is 29.2 Å². The van der Waals surface area contributed by atoms with Crippen molar-refractivity contribution >= 4 is 46.0 Å². The minimum absolute atomic E-state index is 0.522. The van der Waals surface area contributed by atoms with E-state index in [2.05, 4.69) is 4.98 Å². The molecule has 2 rings (SSSR count). The van der Waals surface area contributed by atoms with Gasteiger partial charge in [0.25, 0.3) is 5.09 Å². The number of hydrogen-bond acceptors (Lipinski definition) is 3. The fraction of sp³-hybridized carbons (Fsp3) is 0. The van der Waals surface area contributed by atoms with Crippen LogP contribution in [0.5, 0.6) is 0 Å². The van der Waals surface area contributed by atoms with E-state index in [0.717, 1.165) is 5.56 Å². The lowest BCUT2D eigenvalue weighted by molar-refractivity contribution is -0.742. The van der Waals surface area contributed by atoms with Crippen LogP contribution in [0.3, 0.4) is 0 Å². The third-order valence-corrected chi connectivity index (χ3v) is 2.82. The first-order chi connectivity index (χ1) is 9.40. The van der Waals surface area contributed by atoms with E-state index >= 15 is 0 Å². The van der Waals surface area contributed by atoms with E-state index in [1.165, 1.54) is 0 Å². The maximum atomic E-state index is 8.36. The highest BCUT2D eigenvalue weighted by atomic mass is 35.5. The third-order valence-electron chi connectivity index (χ3n) is 1.98. The number of halogens is 3. The summed E-state index contributed by atoms with van der Waals surface area (Å²) in [6, 6.07) is 5.18. The maximum Gasteiger partial charge on any atom is 0.291 e. The molecule has 1 N–H and O–H groups in total. The van der Waals surface area contributed by atoms with Gasteiger partial charge in [-0.2, -0.15) is 0 Å². The van der Waals surface area contributed by atoms with Crippen molar-refractivity contribution in [2.45, 2.75) is 0 Å². The summed E-state index contributed by atoms with van der Waals surface area (Å²) in [5, 5.41) is 15.3. The third kappa shape index (κ3) is 5.48. The summed E-state index contributed by atoms with van der Waals surface area (Å²) in [4.78, 5) is 12.3. The normalized spacial score (nSPS) is 10.7. The molecule has 0 spiro atoms. The Bertz CT molecular complexity index is 611. The summed E-state index contributed by atoms with van der Waals surface area (Å²) in [7, 11) is 0. The van der Waals surface area contributed by atoms with Crippen LogP contribution in [0.15, 0.2) is 36.9 Å². The molecule has 0 radical (unpaired) electrons. The molecular weight excluding hydrogens is 328 g/mol. The quantitative estimate of drug-likeness (QED) is 0.663. The van der Waals surface area contributed by atoms with E-state index in [1.54, 1.807) is 47.7 Å². The predicted octanol–water partition coefficient (Wildman–Crippen LogP) is 4.04. The highest BCUT2D eigenvalue weighted by molar-refractivity contribution is 6.52. The van der Waals surface area contributed by atoms with Crippen LogP contribution in [-0.4, -0.2) is 19.8 Å². The molecule has 0 aliphatic rings. The van der Waals surface area contributed by atoms with Crippen molar-refractivity contribution in [1.29, 1.82) is 0 Å². The lowest BCUT2D eigenvalue weighted by Crippen LogP contribution is -1.84. The topological polar surface area (TPSA) is 81.2 Å². The van der Waals surface area contributed by atoms with Crippen LogP contribution in [0.25, 0.3) is 11.2 Å². The molecule has 0 fully saturated rings. The molecule has 6 nitrogen and oxygen atoms in total. The maximum absolute atomic E-state index is 8.36. The summed E-state index contributed by atoms with van der Waals surface area (Å²) >= 11 is 18.0. The van der Waals surface area contributed by atoms with Gasteiger partial charge < -0.3 is 9.77 Å². The van der Waals surface area contributed by atoms with Gasteiger partial charge in [-0.05, 0) is 12.1 Å². The largest absolute Gasteiger partial charge is 0.328 e. The van der Waals surface area contributed by atoms with E-state index in [-0.39, 0.29) is 0 Å². The van der Waals surface area contributed by atoms with Crippen molar-refractivity contribution in [2.75, 3.05) is 0 Å². The molecule has 0 atom stereocenters. The Morgan fingerprint density at radius 3 is 2.60 bits per heavy atom. The molecule has 9 heteroatoms. The minimum Gasteiger partial charge on any atom is -0.328 e. The molecule has 1 aromatic heterocycles. The van der Waals surface area contributed by atoms with Crippen molar-refractivity contribution in [3.8, 4) is 0 Å². The molecule has 0 bridgehead atoms. The first-order valence-electron chi connectivity index (χ1n) is 5.03. The minimum atomic E-state index is -1.50. The zero-order valence-electron chi connectivity index (χ0n) is 9.78. The summed E-state index contributed by atoms with van der Waals surface area (Å²) < 4.78 is 1.74. The van der Waals surface area contributed by atoms with Crippen LogP contribution in [0.4, 0.5) is 0 Å². The van der Waals surface area contributed by atoms with Gasteiger partial charge in [0.05, 0.1) is 16.4 Å². The fourth-order valence-electron chi connectivity index (χ4n) is 1.23. The Morgan fingerprint density at radius 1 is 1.45 bits per heavy atom. The van der Waals surface area contributed by atoms with Gasteiger partial charge in [0.15, 0.2) is 0 Å². The second-order valence-corrected chi connectivity index (χ2v) is 4.60. The molecule has 1 heterocycles. The Hall–Kier alpha value is -1.76. The molecule has 106 valence electrons. The summed E-state index contributed by atoms with van der Waals surface area (Å²) in [5.41, 5.74) is 0.737. The monoisotopic (exact) mass is 335 g/mol. The summed E-state index contributed by atoms with van der Waals surface area (Å²) in [6.07, 6.45) is 6.83. The van der Waals surface area contributed by atoms with Gasteiger partial charge >= 0.3 is 0 Å². The average molecular weight is 337 g/mol. The van der Waals surface area contributed by atoms with Crippen molar-refractivity contribution in [3.63, 3.8) is 0 Å². The first kappa shape index (κ1) is 16.3. The molecule has 20 heavy (non-hydrogen) atoms. The van der Waals surface area contributed by atoms with E-state index in [4.69, 9.17) is 50.1 Å². The smallest absolute Gasteiger partial charge is 0.291 e. The molecule has 0 saturated heterocycles. The van der Waals surface area contributed by atoms with Crippen LogP contribution in [0.2, 0.25) is 10.0 Å². The highest BCUT2D eigenvalue weighted by Crippen LogP contribution is 2.29. The standard InChI is InChI=1S/C11H7Cl3N2.HNO3/c12-8-1-2-9(10(13)5-8)11(14)6-16-4-3-15-7-16;2-1(3)4/h1-7H;(H,2,3,4). The first-order valence-corrected chi connectivity index (χ1v) is 6.17. The number of aromatic nitrogens is 2. The number of rotatable bonds is 2. The zero-order valence-corrected chi connectivity index (χ0v) is 12.0. The molecule has 0 amide bonds. The lowest BCUT2D eigenvalue weighted by Gasteiger charge is -2.03. The van der Waals surface area contributed by atoms with Crippen molar-refractivity contribution in [3.05, 3.63) is 62.6 Å².